The normalized spacial score (nSPS) is 12.7. The summed E-state index contributed by atoms with van der Waals surface area (Å²) in [5.41, 5.74) is -2.70. The van der Waals surface area contributed by atoms with E-state index in [2.05, 4.69) is 30.7 Å². The quantitative estimate of drug-likeness (QED) is 0.0280. The smallest absolute Gasteiger partial charge is 0.744 e. The average Bonchev–Trinajstić information content (AvgIpc) is 0.765. The number of phenolic OH excluding ortho intramolecular Hbond substituents is 6. The molecule has 51 heteroatoms. The number of hydrogen-bond donors (Lipinski definition) is 12. The second kappa shape index (κ2) is 31.0. The standard InChI is InChI=1S/3C16H12N2O11S3.3Na/c3*19-12-7-11(31(24,25)26)5-8-6-13(32(27,28)29)15(16(20)14(8)12)18-17-9-1-3-10(4-2-9)30(21,22)23;;;/h3*1-7,19-20H,(H,21,22,23)(H,24,25,26)(H,27,28,29);;;/q;;;3*+1/p-3. The second-order valence-electron chi connectivity index (χ2n) is 18.6. The summed E-state index contributed by atoms with van der Waals surface area (Å²) in [6, 6.07) is 17.9. The first-order chi connectivity index (χ1) is 43.8. The summed E-state index contributed by atoms with van der Waals surface area (Å²) in [5.74, 6) is -5.73. The van der Waals surface area contributed by atoms with E-state index in [1.807, 2.05) is 0 Å². The predicted octanol–water partition coefficient (Wildman–Crippen LogP) is -2.80. The largest absolute Gasteiger partial charge is 1.00 e. The Hall–Kier alpha value is -6.45. The van der Waals surface area contributed by atoms with Crippen LogP contribution in [0.3, 0.4) is 0 Å². The minimum Gasteiger partial charge on any atom is -0.744 e. The zero-order valence-corrected chi connectivity index (χ0v) is 62.3. The number of aromatic hydroxyl groups is 6. The van der Waals surface area contributed by atoms with Crippen LogP contribution in [0.5, 0.6) is 34.5 Å². The summed E-state index contributed by atoms with van der Waals surface area (Å²) < 4.78 is 293. The van der Waals surface area contributed by atoms with Gasteiger partial charge in [0.2, 0.25) is 0 Å². The van der Waals surface area contributed by atoms with E-state index in [1.54, 1.807) is 0 Å². The van der Waals surface area contributed by atoms with Crippen molar-refractivity contribution in [2.24, 2.45) is 30.7 Å². The van der Waals surface area contributed by atoms with Gasteiger partial charge in [-0.15, -0.1) is 15.3 Å². The van der Waals surface area contributed by atoms with E-state index >= 15 is 0 Å². The SMILES string of the molecule is O=S(=O)([O-])c1cc(O)c2c(O)c(N=Nc3ccc(S(=O)(=O)O)cc3)c(S(=O)(=O)O)cc2c1.O=S(=O)([O-])c1cc(O)c2c(O)c(N=Nc3ccc(S(=O)(=O)O)cc3)c(S(=O)(=O)O)cc2c1.O=S(=O)([O-])c1cc(O)c2c(O)c(N=Nc3ccc(S(=O)(=O)O)cc3)c(S(=O)(=O)O)cc2c1.[Na+].[Na+].[Na+]. The van der Waals surface area contributed by atoms with Crippen molar-refractivity contribution in [1.82, 2.24) is 0 Å². The van der Waals surface area contributed by atoms with Gasteiger partial charge in [0.25, 0.3) is 60.7 Å². The van der Waals surface area contributed by atoms with Crippen LogP contribution in [0.25, 0.3) is 32.3 Å². The van der Waals surface area contributed by atoms with Crippen molar-refractivity contribution in [3.63, 3.8) is 0 Å². The monoisotopic (exact) mass is 1580 g/mol. The fourth-order valence-corrected chi connectivity index (χ4v) is 13.0. The molecule has 0 heterocycles. The summed E-state index contributed by atoms with van der Waals surface area (Å²) in [4.78, 5) is -7.22. The molecule has 0 aromatic heterocycles. The van der Waals surface area contributed by atoms with Gasteiger partial charge in [0.15, 0.2) is 17.2 Å². The van der Waals surface area contributed by atoms with Crippen molar-refractivity contribution in [3.8, 4) is 34.5 Å². The molecule has 0 aliphatic heterocycles. The molecule has 0 spiro atoms. The molecule has 9 aromatic carbocycles. The molecular weight excluding hydrogens is 1550 g/mol. The number of nitrogens with zero attached hydrogens (tertiary/aromatic N) is 6. The van der Waals surface area contributed by atoms with Crippen LogP contribution in [0.15, 0.2) is 202 Å². The number of fused-ring (bicyclic) bond motifs is 3. The maximum absolute atomic E-state index is 11.8. The van der Waals surface area contributed by atoms with Crippen LogP contribution < -0.4 is 88.7 Å². The number of phenols is 6. The fraction of sp³-hybridized carbons (Fsp3) is 0. The predicted molar refractivity (Wildman–Crippen MR) is 316 cm³/mol. The van der Waals surface area contributed by atoms with E-state index < -0.39 is 219 Å². The molecule has 0 aliphatic rings. The van der Waals surface area contributed by atoms with Gasteiger partial charge < -0.3 is 44.3 Å². The van der Waals surface area contributed by atoms with Crippen molar-refractivity contribution in [3.05, 3.63) is 127 Å². The Labute approximate surface area is 623 Å². The third kappa shape index (κ3) is 20.7. The third-order valence-electron chi connectivity index (χ3n) is 12.2. The van der Waals surface area contributed by atoms with Crippen molar-refractivity contribution in [2.75, 3.05) is 0 Å². The van der Waals surface area contributed by atoms with Gasteiger partial charge >= 0.3 is 88.7 Å². The minimum atomic E-state index is -5.07. The van der Waals surface area contributed by atoms with E-state index in [1.165, 1.54) is 0 Å². The van der Waals surface area contributed by atoms with Crippen LogP contribution in [0.1, 0.15) is 0 Å². The number of azo groups is 3. The molecule has 510 valence electrons. The van der Waals surface area contributed by atoms with Crippen molar-refractivity contribution in [1.29, 1.82) is 0 Å². The molecule has 12 N–H and O–H groups in total. The summed E-state index contributed by atoms with van der Waals surface area (Å²) in [5, 5.41) is 80.4. The first kappa shape index (κ1) is 85.0. The van der Waals surface area contributed by atoms with Crippen molar-refractivity contribution >= 4 is 158 Å². The molecule has 0 unspecified atom stereocenters. The third-order valence-corrected chi connectivity index (χ3v) is 19.9. The molecule has 0 fully saturated rings. The van der Waals surface area contributed by atoms with Crippen LogP contribution >= 0.6 is 0 Å². The minimum absolute atomic E-state index is 0. The van der Waals surface area contributed by atoms with Gasteiger partial charge in [-0.2, -0.15) is 65.8 Å². The van der Waals surface area contributed by atoms with Crippen LogP contribution in [0, 0.1) is 0 Å². The summed E-state index contributed by atoms with van der Waals surface area (Å²) in [6.07, 6.45) is 0. The van der Waals surface area contributed by atoms with Gasteiger partial charge in [0.1, 0.15) is 79.4 Å². The molecule has 0 amide bonds. The van der Waals surface area contributed by atoms with Crippen molar-refractivity contribution < 1.29 is 236 Å². The second-order valence-corrected chi connectivity index (χ2v) is 31.2. The Morgan fingerprint density at radius 3 is 0.606 bits per heavy atom. The van der Waals surface area contributed by atoms with Crippen LogP contribution in [-0.2, 0) is 91.1 Å². The molecule has 9 rings (SSSR count). The van der Waals surface area contributed by atoms with Gasteiger partial charge in [0.05, 0.1) is 62.6 Å². The number of benzene rings is 9. The maximum Gasteiger partial charge on any atom is 1.00 e. The van der Waals surface area contributed by atoms with Gasteiger partial charge in [-0.1, -0.05) is 0 Å². The van der Waals surface area contributed by atoms with Crippen molar-refractivity contribution in [2.45, 2.75) is 44.1 Å². The number of rotatable bonds is 15. The van der Waals surface area contributed by atoms with Crippen LogP contribution in [0.2, 0.25) is 0 Å². The van der Waals surface area contributed by atoms with E-state index in [9.17, 15) is 134 Å². The Morgan fingerprint density at radius 1 is 0.253 bits per heavy atom. The molecule has 39 nitrogen and oxygen atoms in total. The van der Waals surface area contributed by atoms with E-state index in [0.717, 1.165) is 72.8 Å². The topological polar surface area (TPSA) is 693 Å². The Balaban J connectivity index is 0.000000311. The van der Waals surface area contributed by atoms with Gasteiger partial charge in [-0.3, -0.25) is 27.3 Å². The van der Waals surface area contributed by atoms with Crippen LogP contribution in [-0.4, -0.2) is 147 Å². The first-order valence-corrected chi connectivity index (χ1v) is 37.0. The number of hydrogen-bond acceptors (Lipinski definition) is 33. The summed E-state index contributed by atoms with van der Waals surface area (Å²) in [6.45, 7) is 0. The summed E-state index contributed by atoms with van der Waals surface area (Å²) in [7, 11) is -43.8. The van der Waals surface area contributed by atoms with E-state index in [-0.39, 0.29) is 106 Å². The van der Waals surface area contributed by atoms with Crippen LogP contribution in [0.4, 0.5) is 34.1 Å². The molecule has 0 atom stereocenters. The maximum atomic E-state index is 11.8. The van der Waals surface area contributed by atoms with E-state index in [0.29, 0.717) is 54.6 Å². The Morgan fingerprint density at radius 2 is 0.444 bits per heavy atom. The first-order valence-electron chi connectivity index (χ1n) is 24.1. The fourth-order valence-electron chi connectivity index (χ4n) is 8.01. The molecule has 0 saturated carbocycles. The molecule has 9 aromatic rings. The zero-order chi connectivity index (χ0) is 72.2. The molecule has 0 radical (unpaired) electrons. The molecular formula is C48H33N6Na3O33S9. The Kier molecular flexibility index (Phi) is 26.6. The molecule has 0 aliphatic carbocycles. The average molecular weight is 1580 g/mol. The van der Waals surface area contributed by atoms with Gasteiger partial charge in [-0.05, 0) is 144 Å². The zero-order valence-electron chi connectivity index (χ0n) is 48.9. The van der Waals surface area contributed by atoms with E-state index in [4.69, 9.17) is 13.7 Å². The molecule has 99 heavy (non-hydrogen) atoms. The van der Waals surface area contributed by atoms with Gasteiger partial charge in [0, 0.05) is 0 Å². The van der Waals surface area contributed by atoms with Gasteiger partial charge in [-0.25, -0.2) is 25.3 Å². The molecule has 0 saturated heterocycles. The summed E-state index contributed by atoms with van der Waals surface area (Å²) >= 11 is 0. The Bertz CT molecular complexity index is 5380. The molecule has 0 bridgehead atoms.